The SMILES string of the molecule is O=C(NCc1nc(-c2cccc(Br)c2)no1)Nc1cccc(Cl)c1. The number of anilines is 1. The predicted molar refractivity (Wildman–Crippen MR) is 94.7 cm³/mol. The molecule has 1 aromatic heterocycles. The van der Waals surface area contributed by atoms with Gasteiger partial charge in [-0.05, 0) is 30.3 Å². The van der Waals surface area contributed by atoms with Gasteiger partial charge >= 0.3 is 6.03 Å². The fourth-order valence-corrected chi connectivity index (χ4v) is 2.56. The maximum Gasteiger partial charge on any atom is 0.319 e. The molecule has 0 saturated heterocycles. The average molecular weight is 408 g/mol. The molecule has 0 atom stereocenters. The number of halogens is 2. The number of carbonyl (C=O) groups excluding carboxylic acids is 1. The van der Waals surface area contributed by atoms with Gasteiger partial charge in [0.25, 0.3) is 0 Å². The van der Waals surface area contributed by atoms with Crippen LogP contribution in [0, 0.1) is 0 Å². The Kier molecular flexibility index (Phi) is 5.12. The van der Waals surface area contributed by atoms with E-state index in [-0.39, 0.29) is 12.6 Å². The van der Waals surface area contributed by atoms with Crippen molar-refractivity contribution in [3.63, 3.8) is 0 Å². The molecular formula is C16H12BrClN4O2. The number of nitrogens with one attached hydrogen (secondary N) is 2. The normalized spacial score (nSPS) is 10.4. The second-order valence-electron chi connectivity index (χ2n) is 4.84. The van der Waals surface area contributed by atoms with Gasteiger partial charge in [0.1, 0.15) is 0 Å². The van der Waals surface area contributed by atoms with Gasteiger partial charge in [0, 0.05) is 20.7 Å². The van der Waals surface area contributed by atoms with Crippen LogP contribution in [0.4, 0.5) is 10.5 Å². The Balaban J connectivity index is 1.58. The van der Waals surface area contributed by atoms with Gasteiger partial charge in [0.15, 0.2) is 0 Å². The molecule has 122 valence electrons. The summed E-state index contributed by atoms with van der Waals surface area (Å²) in [7, 11) is 0. The first-order valence-corrected chi connectivity index (χ1v) is 8.16. The Morgan fingerprint density at radius 2 is 2.04 bits per heavy atom. The molecule has 0 radical (unpaired) electrons. The lowest BCUT2D eigenvalue weighted by Gasteiger charge is -2.05. The number of rotatable bonds is 4. The van der Waals surface area contributed by atoms with Gasteiger partial charge in [-0.15, -0.1) is 0 Å². The number of hydrogen-bond acceptors (Lipinski definition) is 4. The van der Waals surface area contributed by atoms with E-state index in [4.69, 9.17) is 16.1 Å². The zero-order chi connectivity index (χ0) is 16.9. The van der Waals surface area contributed by atoms with Crippen LogP contribution in [0.3, 0.4) is 0 Å². The highest BCUT2D eigenvalue weighted by Crippen LogP contribution is 2.20. The van der Waals surface area contributed by atoms with Gasteiger partial charge in [0.2, 0.25) is 11.7 Å². The molecule has 0 bridgehead atoms. The molecule has 6 nitrogen and oxygen atoms in total. The summed E-state index contributed by atoms with van der Waals surface area (Å²) in [4.78, 5) is 16.1. The van der Waals surface area contributed by atoms with Gasteiger partial charge in [-0.25, -0.2) is 4.79 Å². The molecule has 3 rings (SSSR count). The maximum absolute atomic E-state index is 11.9. The molecule has 0 aliphatic carbocycles. The van der Waals surface area contributed by atoms with Crippen molar-refractivity contribution in [3.8, 4) is 11.4 Å². The summed E-state index contributed by atoms with van der Waals surface area (Å²) in [5, 5.41) is 9.76. The molecule has 2 amide bonds. The molecule has 2 aromatic carbocycles. The van der Waals surface area contributed by atoms with Crippen molar-refractivity contribution >= 4 is 39.2 Å². The Morgan fingerprint density at radius 3 is 2.83 bits per heavy atom. The largest absolute Gasteiger partial charge is 0.337 e. The highest BCUT2D eigenvalue weighted by molar-refractivity contribution is 9.10. The standard InChI is InChI=1S/C16H12BrClN4O2/c17-11-4-1-3-10(7-11)15-21-14(24-22-15)9-19-16(23)20-13-6-2-5-12(18)8-13/h1-8H,9H2,(H2,19,20,23). The molecule has 0 spiro atoms. The van der Waals surface area contributed by atoms with E-state index >= 15 is 0 Å². The van der Waals surface area contributed by atoms with Crippen molar-refractivity contribution in [3.05, 3.63) is 63.9 Å². The Hall–Kier alpha value is -2.38. The van der Waals surface area contributed by atoms with Crippen LogP contribution in [-0.4, -0.2) is 16.2 Å². The summed E-state index contributed by atoms with van der Waals surface area (Å²) >= 11 is 9.26. The molecular weight excluding hydrogens is 396 g/mol. The van der Waals surface area contributed by atoms with E-state index in [1.807, 2.05) is 24.3 Å². The lowest BCUT2D eigenvalue weighted by molar-refractivity contribution is 0.249. The second-order valence-corrected chi connectivity index (χ2v) is 6.19. The summed E-state index contributed by atoms with van der Waals surface area (Å²) in [5.41, 5.74) is 1.42. The van der Waals surface area contributed by atoms with Gasteiger partial charge in [-0.3, -0.25) is 0 Å². The van der Waals surface area contributed by atoms with Crippen molar-refractivity contribution in [1.82, 2.24) is 15.5 Å². The third-order valence-corrected chi connectivity index (χ3v) is 3.76. The van der Waals surface area contributed by atoms with Gasteiger partial charge < -0.3 is 15.2 Å². The molecule has 0 unspecified atom stereocenters. The van der Waals surface area contributed by atoms with Crippen LogP contribution in [0.2, 0.25) is 5.02 Å². The van der Waals surface area contributed by atoms with Gasteiger partial charge in [0.05, 0.1) is 6.54 Å². The molecule has 3 aromatic rings. The van der Waals surface area contributed by atoms with E-state index in [1.54, 1.807) is 24.3 Å². The third-order valence-electron chi connectivity index (χ3n) is 3.03. The first kappa shape index (κ1) is 16.5. The topological polar surface area (TPSA) is 80.1 Å². The molecule has 24 heavy (non-hydrogen) atoms. The minimum Gasteiger partial charge on any atom is -0.337 e. The van der Waals surface area contributed by atoms with Crippen LogP contribution in [0.15, 0.2) is 57.5 Å². The molecule has 8 heteroatoms. The number of hydrogen-bond donors (Lipinski definition) is 2. The minimum absolute atomic E-state index is 0.118. The van der Waals surface area contributed by atoms with Crippen LogP contribution in [0.5, 0.6) is 0 Å². The van der Waals surface area contributed by atoms with Crippen LogP contribution in [0.1, 0.15) is 5.89 Å². The first-order valence-electron chi connectivity index (χ1n) is 6.99. The number of carbonyl (C=O) groups is 1. The lowest BCUT2D eigenvalue weighted by atomic mass is 10.2. The molecule has 0 fully saturated rings. The zero-order valence-corrected chi connectivity index (χ0v) is 14.6. The van der Waals surface area contributed by atoms with Crippen LogP contribution in [-0.2, 0) is 6.54 Å². The van der Waals surface area contributed by atoms with E-state index < -0.39 is 0 Å². The quantitative estimate of drug-likeness (QED) is 0.668. The molecule has 0 aliphatic heterocycles. The molecule has 0 aliphatic rings. The maximum atomic E-state index is 11.9. The van der Waals surface area contributed by atoms with Crippen LogP contribution < -0.4 is 10.6 Å². The number of aromatic nitrogens is 2. The average Bonchev–Trinajstić information content (AvgIpc) is 3.02. The summed E-state index contributed by atoms with van der Waals surface area (Å²) < 4.78 is 6.06. The van der Waals surface area contributed by atoms with E-state index in [2.05, 4.69) is 36.7 Å². The molecule has 0 saturated carbocycles. The Bertz CT molecular complexity index is 869. The van der Waals surface area contributed by atoms with Crippen molar-refractivity contribution in [2.75, 3.05) is 5.32 Å². The fraction of sp³-hybridized carbons (Fsp3) is 0.0625. The van der Waals surface area contributed by atoms with E-state index in [0.29, 0.717) is 22.4 Å². The predicted octanol–water partition coefficient (Wildman–Crippen LogP) is 4.47. The van der Waals surface area contributed by atoms with Crippen molar-refractivity contribution in [1.29, 1.82) is 0 Å². The lowest BCUT2D eigenvalue weighted by Crippen LogP contribution is -2.28. The number of urea groups is 1. The monoisotopic (exact) mass is 406 g/mol. The minimum atomic E-state index is -0.389. The van der Waals surface area contributed by atoms with Crippen LogP contribution >= 0.6 is 27.5 Å². The Morgan fingerprint density at radius 1 is 1.21 bits per heavy atom. The second kappa shape index (κ2) is 7.46. The van der Waals surface area contributed by atoms with E-state index in [9.17, 15) is 4.79 Å². The Labute approximate surface area is 151 Å². The summed E-state index contributed by atoms with van der Waals surface area (Å²) in [6.45, 7) is 0.118. The summed E-state index contributed by atoms with van der Waals surface area (Å²) in [5.74, 6) is 0.773. The van der Waals surface area contributed by atoms with Crippen molar-refractivity contribution in [2.45, 2.75) is 6.54 Å². The fourth-order valence-electron chi connectivity index (χ4n) is 1.97. The molecule has 1 heterocycles. The van der Waals surface area contributed by atoms with Crippen LogP contribution in [0.25, 0.3) is 11.4 Å². The smallest absolute Gasteiger partial charge is 0.319 e. The van der Waals surface area contributed by atoms with Crippen molar-refractivity contribution < 1.29 is 9.32 Å². The third kappa shape index (κ3) is 4.33. The zero-order valence-electron chi connectivity index (χ0n) is 12.3. The number of amides is 2. The number of nitrogens with zero attached hydrogens (tertiary/aromatic N) is 2. The van der Waals surface area contributed by atoms with Gasteiger partial charge in [-0.1, -0.05) is 50.9 Å². The highest BCUT2D eigenvalue weighted by atomic mass is 79.9. The molecule has 2 N–H and O–H groups in total. The first-order chi connectivity index (χ1) is 11.6. The summed E-state index contributed by atoms with van der Waals surface area (Å²) in [6.07, 6.45) is 0. The summed E-state index contributed by atoms with van der Waals surface area (Å²) in [6, 6.07) is 14.0. The number of benzene rings is 2. The van der Waals surface area contributed by atoms with E-state index in [1.165, 1.54) is 0 Å². The van der Waals surface area contributed by atoms with Crippen molar-refractivity contribution in [2.24, 2.45) is 0 Å². The highest BCUT2D eigenvalue weighted by Gasteiger charge is 2.10. The van der Waals surface area contributed by atoms with E-state index in [0.717, 1.165) is 10.0 Å². The van der Waals surface area contributed by atoms with Gasteiger partial charge in [-0.2, -0.15) is 4.98 Å².